The van der Waals surface area contributed by atoms with Crippen molar-refractivity contribution >= 4 is 15.9 Å². The number of nitrogens with zero attached hydrogens (tertiary/aromatic N) is 1. The Morgan fingerprint density at radius 1 is 1.26 bits per heavy atom. The largest absolute Gasteiger partial charge is 0.492 e. The molecule has 1 N–H and O–H groups in total. The van der Waals surface area contributed by atoms with Gasteiger partial charge in [0.25, 0.3) is 0 Å². The summed E-state index contributed by atoms with van der Waals surface area (Å²) >= 11 is 3.42. The highest BCUT2D eigenvalue weighted by Gasteiger charge is 2.15. The average molecular weight is 327 g/mol. The molecule has 0 bridgehead atoms. The van der Waals surface area contributed by atoms with Crippen LogP contribution in [0.25, 0.3) is 0 Å². The number of benzene rings is 1. The van der Waals surface area contributed by atoms with E-state index >= 15 is 0 Å². The van der Waals surface area contributed by atoms with Crippen LogP contribution in [0.3, 0.4) is 0 Å². The fraction of sp³-hybridized carbons (Fsp3) is 0.600. The van der Waals surface area contributed by atoms with E-state index in [2.05, 4.69) is 33.2 Å². The van der Waals surface area contributed by atoms with Gasteiger partial charge in [-0.1, -0.05) is 15.9 Å². The lowest BCUT2D eigenvalue weighted by molar-refractivity contribution is 0.213. The maximum atomic E-state index is 5.68. The molecular weight excluding hydrogens is 304 g/mol. The van der Waals surface area contributed by atoms with Gasteiger partial charge in [0.05, 0.1) is 0 Å². The first-order valence-corrected chi connectivity index (χ1v) is 7.81. The van der Waals surface area contributed by atoms with Gasteiger partial charge in [0.2, 0.25) is 0 Å². The van der Waals surface area contributed by atoms with Crippen molar-refractivity contribution in [3.63, 3.8) is 0 Å². The van der Waals surface area contributed by atoms with Crippen LogP contribution in [0.1, 0.15) is 12.8 Å². The Bertz CT molecular complexity index is 361. The van der Waals surface area contributed by atoms with Gasteiger partial charge in [0.15, 0.2) is 0 Å². The minimum Gasteiger partial charge on any atom is -0.492 e. The van der Waals surface area contributed by atoms with Crippen molar-refractivity contribution in [3.05, 3.63) is 28.7 Å². The third-order valence-corrected chi connectivity index (χ3v) is 4.16. The number of likely N-dealkylation sites (tertiary alicyclic amines) is 1. The van der Waals surface area contributed by atoms with Crippen LogP contribution in [-0.4, -0.2) is 44.7 Å². The molecule has 0 aliphatic carbocycles. The molecule has 1 heterocycles. The zero-order valence-corrected chi connectivity index (χ0v) is 13.2. The smallest absolute Gasteiger partial charge is 0.119 e. The van der Waals surface area contributed by atoms with Gasteiger partial charge in [0.1, 0.15) is 12.4 Å². The molecule has 0 unspecified atom stereocenters. The molecule has 1 aliphatic heterocycles. The second-order valence-electron chi connectivity index (χ2n) is 5.25. The maximum absolute atomic E-state index is 5.68. The highest BCUT2D eigenvalue weighted by molar-refractivity contribution is 9.10. The molecule has 1 aromatic carbocycles. The second-order valence-corrected chi connectivity index (χ2v) is 6.17. The molecule has 1 aromatic rings. The SMILES string of the molecule is CN1CCC(CNCCOc2ccc(Br)cc2)CC1. The Labute approximate surface area is 124 Å². The van der Waals surface area contributed by atoms with Crippen molar-refractivity contribution in [1.82, 2.24) is 10.2 Å². The standard InChI is InChI=1S/C15H23BrN2O/c1-18-9-6-13(7-10-18)12-17-8-11-19-15-4-2-14(16)3-5-15/h2-5,13,17H,6-12H2,1H3. The van der Waals surface area contributed by atoms with Gasteiger partial charge in [-0.3, -0.25) is 0 Å². The van der Waals surface area contributed by atoms with Gasteiger partial charge in [-0.15, -0.1) is 0 Å². The molecule has 0 saturated carbocycles. The Morgan fingerprint density at radius 2 is 1.95 bits per heavy atom. The van der Waals surface area contributed by atoms with Crippen LogP contribution in [0.5, 0.6) is 5.75 Å². The summed E-state index contributed by atoms with van der Waals surface area (Å²) in [5.74, 6) is 1.77. The topological polar surface area (TPSA) is 24.5 Å². The molecule has 106 valence electrons. The Balaban J connectivity index is 1.53. The van der Waals surface area contributed by atoms with Crippen molar-refractivity contribution < 1.29 is 4.74 Å². The van der Waals surface area contributed by atoms with Crippen LogP contribution in [0.15, 0.2) is 28.7 Å². The van der Waals surface area contributed by atoms with Crippen LogP contribution in [0, 0.1) is 5.92 Å². The molecule has 1 fully saturated rings. The Hall–Kier alpha value is -0.580. The molecular formula is C15H23BrN2O. The summed E-state index contributed by atoms with van der Waals surface area (Å²) in [5.41, 5.74) is 0. The first-order chi connectivity index (χ1) is 9.24. The van der Waals surface area contributed by atoms with Crippen molar-refractivity contribution in [2.45, 2.75) is 12.8 Å². The van der Waals surface area contributed by atoms with Crippen LogP contribution < -0.4 is 10.1 Å². The summed E-state index contributed by atoms with van der Waals surface area (Å²) < 4.78 is 6.76. The summed E-state index contributed by atoms with van der Waals surface area (Å²) in [7, 11) is 2.20. The van der Waals surface area contributed by atoms with Gasteiger partial charge in [0, 0.05) is 11.0 Å². The molecule has 19 heavy (non-hydrogen) atoms. The Kier molecular flexibility index (Phi) is 6.14. The van der Waals surface area contributed by atoms with Crippen molar-refractivity contribution in [2.75, 3.05) is 39.8 Å². The fourth-order valence-electron chi connectivity index (χ4n) is 2.34. The summed E-state index contributed by atoms with van der Waals surface area (Å²) in [5, 5.41) is 3.50. The van der Waals surface area contributed by atoms with E-state index < -0.39 is 0 Å². The number of rotatable bonds is 6. The minimum absolute atomic E-state index is 0.730. The molecule has 1 aliphatic rings. The predicted octanol–water partition coefficient (Wildman–Crippen LogP) is 2.76. The van der Waals surface area contributed by atoms with Gasteiger partial charge < -0.3 is 15.0 Å². The lowest BCUT2D eigenvalue weighted by Crippen LogP contribution is -2.35. The molecule has 0 radical (unpaired) electrons. The van der Waals surface area contributed by atoms with Crippen molar-refractivity contribution in [1.29, 1.82) is 0 Å². The number of halogens is 1. The molecule has 4 heteroatoms. The van der Waals surface area contributed by atoms with E-state index in [-0.39, 0.29) is 0 Å². The van der Waals surface area contributed by atoms with Gasteiger partial charge in [-0.25, -0.2) is 0 Å². The van der Waals surface area contributed by atoms with Gasteiger partial charge >= 0.3 is 0 Å². The minimum atomic E-state index is 0.730. The lowest BCUT2D eigenvalue weighted by atomic mass is 9.97. The second kappa shape index (κ2) is 7.88. The number of piperidine rings is 1. The maximum Gasteiger partial charge on any atom is 0.119 e. The molecule has 0 atom stereocenters. The number of hydrogen-bond acceptors (Lipinski definition) is 3. The van der Waals surface area contributed by atoms with E-state index in [0.717, 1.165) is 35.8 Å². The van der Waals surface area contributed by atoms with Crippen LogP contribution in [-0.2, 0) is 0 Å². The third kappa shape index (κ3) is 5.51. The van der Waals surface area contributed by atoms with Crippen LogP contribution in [0.2, 0.25) is 0 Å². The summed E-state index contributed by atoms with van der Waals surface area (Å²) in [6, 6.07) is 7.98. The average Bonchev–Trinajstić information content (AvgIpc) is 2.43. The van der Waals surface area contributed by atoms with Gasteiger partial charge in [-0.05, 0) is 69.7 Å². The molecule has 2 rings (SSSR count). The summed E-state index contributed by atoms with van der Waals surface area (Å²) in [4.78, 5) is 2.41. The first-order valence-electron chi connectivity index (χ1n) is 7.01. The highest BCUT2D eigenvalue weighted by Crippen LogP contribution is 2.16. The van der Waals surface area contributed by atoms with E-state index in [9.17, 15) is 0 Å². The number of hydrogen-bond donors (Lipinski definition) is 1. The first kappa shape index (κ1) is 14.8. The lowest BCUT2D eigenvalue weighted by Gasteiger charge is -2.29. The highest BCUT2D eigenvalue weighted by atomic mass is 79.9. The third-order valence-electron chi connectivity index (χ3n) is 3.63. The van der Waals surface area contributed by atoms with E-state index in [0.29, 0.717) is 0 Å². The van der Waals surface area contributed by atoms with Gasteiger partial charge in [-0.2, -0.15) is 0 Å². The zero-order chi connectivity index (χ0) is 13.5. The number of ether oxygens (including phenoxy) is 1. The fourth-order valence-corrected chi connectivity index (χ4v) is 2.61. The predicted molar refractivity (Wildman–Crippen MR) is 82.7 cm³/mol. The Morgan fingerprint density at radius 3 is 2.63 bits per heavy atom. The molecule has 3 nitrogen and oxygen atoms in total. The normalized spacial score (nSPS) is 17.6. The van der Waals surface area contributed by atoms with E-state index in [1.54, 1.807) is 0 Å². The molecule has 0 aromatic heterocycles. The molecule has 0 spiro atoms. The van der Waals surface area contributed by atoms with Crippen LogP contribution >= 0.6 is 15.9 Å². The quantitative estimate of drug-likeness (QED) is 0.813. The summed E-state index contributed by atoms with van der Waals surface area (Å²) in [6.45, 7) is 5.25. The van der Waals surface area contributed by atoms with E-state index in [1.165, 1.54) is 25.9 Å². The summed E-state index contributed by atoms with van der Waals surface area (Å²) in [6.07, 6.45) is 2.63. The van der Waals surface area contributed by atoms with Crippen LogP contribution in [0.4, 0.5) is 0 Å². The number of nitrogens with one attached hydrogen (secondary N) is 1. The molecule has 0 amide bonds. The zero-order valence-electron chi connectivity index (χ0n) is 11.6. The monoisotopic (exact) mass is 326 g/mol. The molecule has 1 saturated heterocycles. The van der Waals surface area contributed by atoms with E-state index in [4.69, 9.17) is 4.74 Å². The van der Waals surface area contributed by atoms with Crippen molar-refractivity contribution in [3.8, 4) is 5.75 Å². The van der Waals surface area contributed by atoms with Crippen molar-refractivity contribution in [2.24, 2.45) is 5.92 Å². The van der Waals surface area contributed by atoms with E-state index in [1.807, 2.05) is 24.3 Å².